The fourth-order valence-electron chi connectivity index (χ4n) is 0.859. The first-order valence-corrected chi connectivity index (χ1v) is 5.36. The molecule has 0 saturated carbocycles. The fourth-order valence-corrected chi connectivity index (χ4v) is 0.859. The molecule has 0 aromatic heterocycles. The van der Waals surface area contributed by atoms with Crippen molar-refractivity contribution in [1.82, 2.24) is 0 Å². The van der Waals surface area contributed by atoms with E-state index in [1.807, 2.05) is 6.92 Å². The third-order valence-corrected chi connectivity index (χ3v) is 1.58. The van der Waals surface area contributed by atoms with E-state index in [1.165, 1.54) is 0 Å². The van der Waals surface area contributed by atoms with Gasteiger partial charge in [0.05, 0.1) is 26.4 Å². The van der Waals surface area contributed by atoms with Gasteiger partial charge in [-0.15, -0.1) is 0 Å². The molecule has 0 spiro atoms. The molecule has 0 atom stereocenters. The van der Waals surface area contributed by atoms with Crippen molar-refractivity contribution in [3.05, 3.63) is 12.3 Å². The number of hydrogen-bond acceptors (Lipinski definition) is 5. The van der Waals surface area contributed by atoms with E-state index in [1.54, 1.807) is 6.92 Å². The predicted molar refractivity (Wildman–Crippen MR) is 59.0 cm³/mol. The Kier molecular flexibility index (Phi) is 9.75. The first-order chi connectivity index (χ1) is 7.72. The summed E-state index contributed by atoms with van der Waals surface area (Å²) in [4.78, 5) is 11.0. The maximum Gasteiger partial charge on any atom is 0.372 e. The lowest BCUT2D eigenvalue weighted by Crippen LogP contribution is -2.13. The third-order valence-electron chi connectivity index (χ3n) is 1.58. The van der Waals surface area contributed by atoms with E-state index in [2.05, 4.69) is 11.3 Å². The van der Waals surface area contributed by atoms with Crippen molar-refractivity contribution in [3.8, 4) is 0 Å². The maximum absolute atomic E-state index is 11.0. The van der Waals surface area contributed by atoms with Crippen molar-refractivity contribution in [3.63, 3.8) is 0 Å². The molecule has 0 saturated heterocycles. The summed E-state index contributed by atoms with van der Waals surface area (Å²) in [6.07, 6.45) is 0. The van der Waals surface area contributed by atoms with E-state index in [-0.39, 0.29) is 12.4 Å². The Morgan fingerprint density at radius 1 is 0.938 bits per heavy atom. The number of hydrogen-bond donors (Lipinski definition) is 0. The molecule has 0 aliphatic rings. The van der Waals surface area contributed by atoms with Gasteiger partial charge in [0, 0.05) is 6.61 Å². The molecule has 0 unspecified atom stereocenters. The van der Waals surface area contributed by atoms with Gasteiger partial charge in [0.25, 0.3) is 0 Å². The molecule has 5 nitrogen and oxygen atoms in total. The molecule has 0 radical (unpaired) electrons. The second-order valence-electron chi connectivity index (χ2n) is 2.80. The maximum atomic E-state index is 11.0. The van der Waals surface area contributed by atoms with Gasteiger partial charge in [-0.2, -0.15) is 0 Å². The van der Waals surface area contributed by atoms with E-state index in [9.17, 15) is 4.79 Å². The smallest absolute Gasteiger partial charge is 0.372 e. The quantitative estimate of drug-likeness (QED) is 0.244. The van der Waals surface area contributed by atoms with Gasteiger partial charge >= 0.3 is 5.97 Å². The van der Waals surface area contributed by atoms with Gasteiger partial charge in [0.2, 0.25) is 0 Å². The molecule has 0 heterocycles. The molecule has 0 aliphatic heterocycles. The van der Waals surface area contributed by atoms with Crippen molar-refractivity contribution >= 4 is 5.97 Å². The molecular formula is C11H20O5. The Bertz CT molecular complexity index is 203. The van der Waals surface area contributed by atoms with Crippen LogP contribution in [-0.2, 0) is 23.7 Å². The van der Waals surface area contributed by atoms with Crippen LogP contribution in [0.5, 0.6) is 0 Å². The topological polar surface area (TPSA) is 54.0 Å². The Morgan fingerprint density at radius 2 is 1.56 bits per heavy atom. The van der Waals surface area contributed by atoms with Crippen molar-refractivity contribution < 1.29 is 23.7 Å². The summed E-state index contributed by atoms with van der Waals surface area (Å²) in [5, 5.41) is 0. The van der Waals surface area contributed by atoms with Crippen LogP contribution in [0.4, 0.5) is 0 Å². The number of esters is 1. The lowest BCUT2D eigenvalue weighted by atomic mass is 10.5. The number of carbonyl (C=O) groups is 1. The average molecular weight is 232 g/mol. The van der Waals surface area contributed by atoms with Crippen LogP contribution in [0.2, 0.25) is 0 Å². The van der Waals surface area contributed by atoms with E-state index >= 15 is 0 Å². The first kappa shape index (κ1) is 14.9. The molecule has 0 amide bonds. The minimum Gasteiger partial charge on any atom is -0.485 e. The Labute approximate surface area is 96.3 Å². The van der Waals surface area contributed by atoms with Crippen molar-refractivity contribution in [1.29, 1.82) is 0 Å². The highest BCUT2D eigenvalue weighted by Crippen LogP contribution is 1.96. The average Bonchev–Trinajstić information content (AvgIpc) is 2.28. The first-order valence-electron chi connectivity index (χ1n) is 5.36. The summed E-state index contributed by atoms with van der Waals surface area (Å²) in [5.74, 6) is -0.521. The Balaban J connectivity index is 3.31. The Morgan fingerprint density at radius 3 is 2.19 bits per heavy atom. The van der Waals surface area contributed by atoms with E-state index < -0.39 is 5.97 Å². The van der Waals surface area contributed by atoms with Crippen LogP contribution in [-0.4, -0.2) is 45.6 Å². The normalized spacial score (nSPS) is 9.88. The summed E-state index contributed by atoms with van der Waals surface area (Å²) in [5.41, 5.74) is 0. The molecule has 0 bridgehead atoms. The highest BCUT2D eigenvalue weighted by molar-refractivity contribution is 5.85. The van der Waals surface area contributed by atoms with Gasteiger partial charge in [-0.1, -0.05) is 0 Å². The van der Waals surface area contributed by atoms with E-state index in [0.29, 0.717) is 33.0 Å². The van der Waals surface area contributed by atoms with E-state index in [4.69, 9.17) is 14.2 Å². The second-order valence-corrected chi connectivity index (χ2v) is 2.80. The number of ether oxygens (including phenoxy) is 4. The number of rotatable bonds is 10. The molecule has 94 valence electrons. The van der Waals surface area contributed by atoms with Gasteiger partial charge in [-0.3, -0.25) is 0 Å². The van der Waals surface area contributed by atoms with Crippen molar-refractivity contribution in [2.24, 2.45) is 0 Å². The summed E-state index contributed by atoms with van der Waals surface area (Å²) >= 11 is 0. The molecule has 0 aromatic rings. The second kappa shape index (κ2) is 10.4. The van der Waals surface area contributed by atoms with Gasteiger partial charge in [0.15, 0.2) is 5.76 Å². The van der Waals surface area contributed by atoms with Crippen LogP contribution in [0.1, 0.15) is 13.8 Å². The summed E-state index contributed by atoms with van der Waals surface area (Å²) in [6, 6.07) is 0. The fraction of sp³-hybridized carbons (Fsp3) is 0.727. The van der Waals surface area contributed by atoms with Gasteiger partial charge in [-0.05, 0) is 20.4 Å². The molecule has 0 rings (SSSR count). The lowest BCUT2D eigenvalue weighted by Gasteiger charge is -2.08. The molecule has 16 heavy (non-hydrogen) atoms. The third kappa shape index (κ3) is 8.26. The van der Waals surface area contributed by atoms with Crippen LogP contribution in [0.25, 0.3) is 0 Å². The monoisotopic (exact) mass is 232 g/mol. The molecule has 0 aromatic carbocycles. The predicted octanol–water partition coefficient (Wildman–Crippen LogP) is 1.13. The van der Waals surface area contributed by atoms with Gasteiger partial charge in [0.1, 0.15) is 6.61 Å². The zero-order valence-corrected chi connectivity index (χ0v) is 9.99. The lowest BCUT2D eigenvalue weighted by molar-refractivity contribution is -0.142. The SMILES string of the molecule is C=C(OCCOCCOCC)C(=O)OCC. The Hall–Kier alpha value is -1.07. The van der Waals surface area contributed by atoms with Crippen LogP contribution in [0.15, 0.2) is 12.3 Å². The van der Waals surface area contributed by atoms with Crippen LogP contribution in [0, 0.1) is 0 Å². The molecular weight excluding hydrogens is 212 g/mol. The zero-order valence-electron chi connectivity index (χ0n) is 9.99. The van der Waals surface area contributed by atoms with Gasteiger partial charge < -0.3 is 18.9 Å². The van der Waals surface area contributed by atoms with Crippen molar-refractivity contribution in [2.75, 3.05) is 39.6 Å². The van der Waals surface area contributed by atoms with Crippen molar-refractivity contribution in [2.45, 2.75) is 13.8 Å². The van der Waals surface area contributed by atoms with Crippen LogP contribution >= 0.6 is 0 Å². The molecule has 5 heteroatoms. The number of carbonyl (C=O) groups excluding carboxylic acids is 1. The molecule has 0 N–H and O–H groups in total. The van der Waals surface area contributed by atoms with E-state index in [0.717, 1.165) is 0 Å². The standard InChI is InChI=1S/C11H20O5/c1-4-13-6-7-14-8-9-16-10(3)11(12)15-5-2/h3-9H2,1-2H3. The minimum atomic E-state index is -0.531. The zero-order chi connectivity index (χ0) is 12.2. The summed E-state index contributed by atoms with van der Waals surface area (Å²) in [7, 11) is 0. The van der Waals surface area contributed by atoms with Crippen LogP contribution in [0.3, 0.4) is 0 Å². The van der Waals surface area contributed by atoms with Crippen LogP contribution < -0.4 is 0 Å². The summed E-state index contributed by atoms with van der Waals surface area (Å²) < 4.78 is 20.0. The molecule has 0 aliphatic carbocycles. The minimum absolute atomic E-state index is 0.00950. The highest BCUT2D eigenvalue weighted by Gasteiger charge is 2.07. The largest absolute Gasteiger partial charge is 0.485 e. The highest BCUT2D eigenvalue weighted by atomic mass is 16.6. The molecule has 0 fully saturated rings. The van der Waals surface area contributed by atoms with Gasteiger partial charge in [-0.25, -0.2) is 4.79 Å². The summed E-state index contributed by atoms with van der Waals surface area (Å²) in [6.45, 7) is 9.84.